The fraction of sp³-hybridized carbons (Fsp3) is 0.143. The molecule has 4 aromatic rings. The van der Waals surface area contributed by atoms with Crippen LogP contribution in [0.3, 0.4) is 0 Å². The molecule has 0 saturated heterocycles. The van der Waals surface area contributed by atoms with Crippen LogP contribution < -0.4 is 0 Å². The predicted octanol–water partition coefficient (Wildman–Crippen LogP) is 5.03. The summed E-state index contributed by atoms with van der Waals surface area (Å²) in [4.78, 5) is 16.9. The molecule has 0 unspecified atom stereocenters. The summed E-state index contributed by atoms with van der Waals surface area (Å²) < 4.78 is 12.2. The molecular weight excluding hydrogens is 424 g/mol. The van der Waals surface area contributed by atoms with E-state index in [1.54, 1.807) is 18.2 Å². The lowest BCUT2D eigenvalue weighted by atomic mass is 10.1. The Hall–Kier alpha value is -3.10. The van der Waals surface area contributed by atoms with E-state index in [-0.39, 0.29) is 17.5 Å². The standard InChI is InChI=1S/C21H17ClN4O3S/c1-13-6-5-7-14(10-13)20-23-19(25-29-20)18-11-16(21(27)28-12-30-2)24-26(18)17-9-4-3-8-15(17)22/h3-11H,12H2,1-2H3. The van der Waals surface area contributed by atoms with Crippen molar-refractivity contribution in [3.05, 3.63) is 70.9 Å². The highest BCUT2D eigenvalue weighted by atomic mass is 35.5. The Kier molecular flexibility index (Phi) is 5.87. The number of hydrogen-bond acceptors (Lipinski definition) is 7. The minimum atomic E-state index is -0.543. The number of para-hydroxylation sites is 1. The SMILES string of the molecule is CSCOC(=O)c1cc(-c2noc(-c3cccc(C)c3)n2)n(-c2ccccc2Cl)n1. The average molecular weight is 441 g/mol. The van der Waals surface area contributed by atoms with Crippen molar-refractivity contribution in [2.75, 3.05) is 12.2 Å². The lowest BCUT2D eigenvalue weighted by Crippen LogP contribution is -2.07. The maximum Gasteiger partial charge on any atom is 0.359 e. The van der Waals surface area contributed by atoms with Crippen LogP contribution in [0.1, 0.15) is 16.1 Å². The number of halogens is 1. The van der Waals surface area contributed by atoms with Crippen molar-refractivity contribution >= 4 is 29.3 Å². The van der Waals surface area contributed by atoms with Gasteiger partial charge >= 0.3 is 5.97 Å². The van der Waals surface area contributed by atoms with Gasteiger partial charge in [0.05, 0.1) is 10.7 Å². The molecule has 0 bridgehead atoms. The first kappa shape index (κ1) is 20.2. The van der Waals surface area contributed by atoms with E-state index in [1.165, 1.54) is 16.4 Å². The van der Waals surface area contributed by atoms with Gasteiger partial charge in [-0.05, 0) is 37.4 Å². The van der Waals surface area contributed by atoms with E-state index in [0.29, 0.717) is 22.3 Å². The van der Waals surface area contributed by atoms with Gasteiger partial charge in [0.15, 0.2) is 5.69 Å². The van der Waals surface area contributed by atoms with Crippen molar-refractivity contribution in [1.82, 2.24) is 19.9 Å². The first-order chi connectivity index (χ1) is 14.6. The van der Waals surface area contributed by atoms with Crippen molar-refractivity contribution in [2.45, 2.75) is 6.92 Å². The van der Waals surface area contributed by atoms with Crippen molar-refractivity contribution in [1.29, 1.82) is 0 Å². The Morgan fingerprint density at radius 2 is 2.03 bits per heavy atom. The molecule has 4 rings (SSSR count). The van der Waals surface area contributed by atoms with Crippen LogP contribution in [0, 0.1) is 6.92 Å². The fourth-order valence-corrected chi connectivity index (χ4v) is 3.30. The van der Waals surface area contributed by atoms with E-state index >= 15 is 0 Å². The molecule has 7 nitrogen and oxygen atoms in total. The largest absolute Gasteiger partial charge is 0.450 e. The number of thioether (sulfide) groups is 1. The molecule has 0 amide bonds. The van der Waals surface area contributed by atoms with Gasteiger partial charge in [-0.2, -0.15) is 10.1 Å². The number of aromatic nitrogens is 4. The van der Waals surface area contributed by atoms with Crippen LogP contribution in [0.2, 0.25) is 5.02 Å². The maximum atomic E-state index is 12.4. The van der Waals surface area contributed by atoms with Crippen LogP contribution in [0.4, 0.5) is 0 Å². The Bertz CT molecular complexity index is 1200. The zero-order valence-corrected chi connectivity index (χ0v) is 17.8. The van der Waals surface area contributed by atoms with Crippen LogP contribution in [0.25, 0.3) is 28.7 Å². The fourth-order valence-electron chi connectivity index (χ4n) is 2.86. The molecule has 0 atom stereocenters. The summed E-state index contributed by atoms with van der Waals surface area (Å²) in [5, 5.41) is 8.96. The van der Waals surface area contributed by atoms with Crippen LogP contribution in [0.15, 0.2) is 59.1 Å². The summed E-state index contributed by atoms with van der Waals surface area (Å²) >= 11 is 7.76. The number of ether oxygens (including phenoxy) is 1. The topological polar surface area (TPSA) is 83.0 Å². The molecule has 0 radical (unpaired) electrons. The van der Waals surface area contributed by atoms with Crippen LogP contribution in [-0.4, -0.2) is 38.1 Å². The molecule has 0 fully saturated rings. The number of carbonyl (C=O) groups excluding carboxylic acids is 1. The van der Waals surface area contributed by atoms with Gasteiger partial charge < -0.3 is 9.26 Å². The second-order valence-corrected chi connectivity index (χ2v) is 7.63. The Morgan fingerprint density at radius 1 is 1.20 bits per heavy atom. The highest BCUT2D eigenvalue weighted by Gasteiger charge is 2.22. The molecule has 0 N–H and O–H groups in total. The second kappa shape index (κ2) is 8.73. The summed E-state index contributed by atoms with van der Waals surface area (Å²) in [7, 11) is 0. The first-order valence-corrected chi connectivity index (χ1v) is 10.8. The third kappa shape index (κ3) is 4.10. The van der Waals surface area contributed by atoms with Crippen molar-refractivity contribution < 1.29 is 14.1 Å². The molecule has 152 valence electrons. The van der Waals surface area contributed by atoms with Gasteiger partial charge in [0.2, 0.25) is 5.82 Å². The van der Waals surface area contributed by atoms with E-state index in [9.17, 15) is 4.79 Å². The summed E-state index contributed by atoms with van der Waals surface area (Å²) in [5.41, 5.74) is 3.05. The van der Waals surface area contributed by atoms with Gasteiger partial charge in [0.1, 0.15) is 11.6 Å². The summed E-state index contributed by atoms with van der Waals surface area (Å²) in [5.74, 6) is 0.334. The summed E-state index contributed by atoms with van der Waals surface area (Å²) in [6.07, 6.45) is 1.84. The van der Waals surface area contributed by atoms with Crippen LogP contribution >= 0.6 is 23.4 Å². The molecule has 2 aromatic heterocycles. The molecule has 30 heavy (non-hydrogen) atoms. The van der Waals surface area contributed by atoms with Crippen molar-refractivity contribution in [3.8, 4) is 28.7 Å². The minimum absolute atomic E-state index is 0.126. The molecule has 0 aliphatic rings. The molecule has 2 aromatic carbocycles. The van der Waals surface area contributed by atoms with Gasteiger partial charge in [-0.3, -0.25) is 0 Å². The number of nitrogens with zero attached hydrogens (tertiary/aromatic N) is 4. The average Bonchev–Trinajstić information content (AvgIpc) is 3.40. The first-order valence-electron chi connectivity index (χ1n) is 8.99. The van der Waals surface area contributed by atoms with E-state index < -0.39 is 5.97 Å². The van der Waals surface area contributed by atoms with Gasteiger partial charge in [-0.25, -0.2) is 9.48 Å². The number of carbonyl (C=O) groups is 1. The number of benzene rings is 2. The number of esters is 1. The highest BCUT2D eigenvalue weighted by molar-refractivity contribution is 7.98. The maximum absolute atomic E-state index is 12.4. The van der Waals surface area contributed by atoms with Gasteiger partial charge in [0.25, 0.3) is 5.89 Å². The second-order valence-electron chi connectivity index (χ2n) is 6.41. The van der Waals surface area contributed by atoms with E-state index in [4.69, 9.17) is 20.9 Å². The predicted molar refractivity (Wildman–Crippen MR) is 116 cm³/mol. The number of hydrogen-bond donors (Lipinski definition) is 0. The zero-order chi connectivity index (χ0) is 21.1. The van der Waals surface area contributed by atoms with E-state index in [1.807, 2.05) is 49.6 Å². The smallest absolute Gasteiger partial charge is 0.359 e. The van der Waals surface area contributed by atoms with Crippen LogP contribution in [0.5, 0.6) is 0 Å². The quantitative estimate of drug-likeness (QED) is 0.307. The summed E-state index contributed by atoms with van der Waals surface area (Å²) in [6.45, 7) is 1.99. The van der Waals surface area contributed by atoms with Gasteiger partial charge in [0, 0.05) is 11.6 Å². The van der Waals surface area contributed by atoms with E-state index in [0.717, 1.165) is 11.1 Å². The molecule has 0 aliphatic carbocycles. The Labute approximate surface area is 182 Å². The summed E-state index contributed by atoms with van der Waals surface area (Å²) in [6, 6.07) is 16.5. The number of aryl methyl sites for hydroxylation is 1. The van der Waals surface area contributed by atoms with Crippen molar-refractivity contribution in [2.24, 2.45) is 0 Å². The molecule has 9 heteroatoms. The zero-order valence-electron chi connectivity index (χ0n) is 16.2. The minimum Gasteiger partial charge on any atom is -0.450 e. The number of rotatable bonds is 6. The molecular formula is C21H17ClN4O3S. The lowest BCUT2D eigenvalue weighted by Gasteiger charge is -2.06. The molecule has 0 saturated carbocycles. The third-order valence-corrected chi connectivity index (χ3v) is 4.90. The third-order valence-electron chi connectivity index (χ3n) is 4.23. The monoisotopic (exact) mass is 440 g/mol. The molecule has 2 heterocycles. The molecule has 0 aliphatic heterocycles. The van der Waals surface area contributed by atoms with E-state index in [2.05, 4.69) is 15.2 Å². The lowest BCUT2D eigenvalue weighted by molar-refractivity contribution is 0.0572. The highest BCUT2D eigenvalue weighted by Crippen LogP contribution is 2.28. The molecule has 0 spiro atoms. The Balaban J connectivity index is 1.79. The van der Waals surface area contributed by atoms with Gasteiger partial charge in [-0.1, -0.05) is 46.6 Å². The van der Waals surface area contributed by atoms with Gasteiger partial charge in [-0.15, -0.1) is 11.8 Å². The Morgan fingerprint density at radius 3 is 2.80 bits per heavy atom. The van der Waals surface area contributed by atoms with Crippen LogP contribution in [-0.2, 0) is 4.74 Å². The normalized spacial score (nSPS) is 10.9. The van der Waals surface area contributed by atoms with Crippen molar-refractivity contribution in [3.63, 3.8) is 0 Å².